The summed E-state index contributed by atoms with van der Waals surface area (Å²) in [5.74, 6) is -4.09. The molecule has 0 heterocycles. The first-order chi connectivity index (χ1) is 10.1. The fraction of sp³-hybridized carbons (Fsp3) is 0.636. The molecule has 10 nitrogen and oxygen atoms in total. The van der Waals surface area contributed by atoms with Crippen LogP contribution in [0.4, 0.5) is 0 Å². The first-order valence-corrected chi connectivity index (χ1v) is 6.89. The minimum Gasteiger partial charge on any atom is -0.480 e. The molecule has 0 aromatic heterocycles. The van der Waals surface area contributed by atoms with E-state index in [1.54, 1.807) is 0 Å². The lowest BCUT2D eigenvalue weighted by Gasteiger charge is -2.24. The van der Waals surface area contributed by atoms with Crippen LogP contribution in [0.3, 0.4) is 0 Å². The zero-order valence-electron chi connectivity index (χ0n) is 11.9. The Bertz CT molecular complexity index is 444. The fourth-order valence-electron chi connectivity index (χ4n) is 1.42. The summed E-state index contributed by atoms with van der Waals surface area (Å²) in [5, 5.41) is 22.6. The molecule has 0 saturated carbocycles. The van der Waals surface area contributed by atoms with Crippen LogP contribution in [-0.4, -0.2) is 63.9 Å². The van der Waals surface area contributed by atoms with Gasteiger partial charge in [-0.15, -0.1) is 0 Å². The van der Waals surface area contributed by atoms with Gasteiger partial charge in [0.2, 0.25) is 17.7 Å². The Kier molecular flexibility index (Phi) is 8.45. The van der Waals surface area contributed by atoms with Crippen LogP contribution >= 0.6 is 12.6 Å². The molecule has 22 heavy (non-hydrogen) atoms. The topological polar surface area (TPSA) is 185 Å². The lowest BCUT2D eigenvalue weighted by molar-refractivity contribution is -0.142. The molecule has 3 amide bonds. The normalized spacial score (nSPS) is 16.0. The van der Waals surface area contributed by atoms with Crippen molar-refractivity contribution in [3.8, 4) is 0 Å². The van der Waals surface area contributed by atoms with Crippen molar-refractivity contribution in [1.29, 1.82) is 0 Å². The molecule has 0 bridgehead atoms. The molecule has 0 radical (unpaired) electrons. The number of primary amides is 1. The van der Waals surface area contributed by atoms with Crippen molar-refractivity contribution >= 4 is 36.3 Å². The van der Waals surface area contributed by atoms with Gasteiger partial charge in [-0.2, -0.15) is 12.6 Å². The molecule has 0 rings (SSSR count). The molecule has 0 aliphatic carbocycles. The molecule has 0 aliphatic rings. The maximum Gasteiger partial charge on any atom is 0.327 e. The number of carbonyl (C=O) groups is 4. The summed E-state index contributed by atoms with van der Waals surface area (Å²) in [6, 6.07) is -4.01. The molecule has 11 heteroatoms. The summed E-state index contributed by atoms with van der Waals surface area (Å²) >= 11 is 3.77. The molecule has 8 N–H and O–H groups in total. The van der Waals surface area contributed by atoms with Gasteiger partial charge in [-0.25, -0.2) is 4.79 Å². The largest absolute Gasteiger partial charge is 0.480 e. The van der Waals surface area contributed by atoms with Crippen LogP contribution in [-0.2, 0) is 19.2 Å². The van der Waals surface area contributed by atoms with Gasteiger partial charge in [0, 0.05) is 5.75 Å². The number of hydrogen-bond donors (Lipinski definition) is 7. The molecule has 0 spiro atoms. The SMILES string of the molecule is C[C@@H](O)[C@H](NC(=O)[C@@H](N)CC(N)=O)C(=O)N[C@@H](CS)C(=O)O. The smallest absolute Gasteiger partial charge is 0.327 e. The van der Waals surface area contributed by atoms with Gasteiger partial charge >= 0.3 is 5.97 Å². The van der Waals surface area contributed by atoms with Crippen LogP contribution in [0.1, 0.15) is 13.3 Å². The van der Waals surface area contributed by atoms with E-state index in [0.29, 0.717) is 0 Å². The Morgan fingerprint density at radius 3 is 2.09 bits per heavy atom. The highest BCUT2D eigenvalue weighted by atomic mass is 32.1. The fourth-order valence-corrected chi connectivity index (χ4v) is 1.67. The molecule has 0 aromatic carbocycles. The van der Waals surface area contributed by atoms with E-state index in [4.69, 9.17) is 16.6 Å². The molecule has 0 aromatic rings. The van der Waals surface area contributed by atoms with Crippen molar-refractivity contribution in [2.45, 2.75) is 37.6 Å². The third-order valence-corrected chi connectivity index (χ3v) is 2.98. The minimum absolute atomic E-state index is 0.178. The summed E-state index contributed by atoms with van der Waals surface area (Å²) in [4.78, 5) is 45.2. The number of aliphatic hydroxyl groups is 1. The van der Waals surface area contributed by atoms with E-state index in [9.17, 15) is 24.3 Å². The highest BCUT2D eigenvalue weighted by molar-refractivity contribution is 7.80. The molecule has 0 unspecified atom stereocenters. The first-order valence-electron chi connectivity index (χ1n) is 6.26. The Morgan fingerprint density at radius 1 is 1.18 bits per heavy atom. The van der Waals surface area contributed by atoms with Crippen molar-refractivity contribution in [2.75, 3.05) is 5.75 Å². The van der Waals surface area contributed by atoms with E-state index in [0.717, 1.165) is 0 Å². The lowest BCUT2D eigenvalue weighted by atomic mass is 10.1. The number of hydrogen-bond acceptors (Lipinski definition) is 7. The number of aliphatic carboxylic acids is 1. The quantitative estimate of drug-likeness (QED) is 0.213. The Labute approximate surface area is 132 Å². The predicted molar refractivity (Wildman–Crippen MR) is 78.8 cm³/mol. The van der Waals surface area contributed by atoms with E-state index in [1.807, 2.05) is 0 Å². The zero-order chi connectivity index (χ0) is 17.4. The van der Waals surface area contributed by atoms with Gasteiger partial charge in [-0.05, 0) is 6.92 Å². The summed E-state index contributed by atoms with van der Waals surface area (Å²) in [6.07, 6.45) is -1.76. The highest BCUT2D eigenvalue weighted by Gasteiger charge is 2.30. The number of nitrogens with one attached hydrogen (secondary N) is 2. The number of amides is 3. The van der Waals surface area contributed by atoms with Crippen LogP contribution in [0.15, 0.2) is 0 Å². The third-order valence-electron chi connectivity index (χ3n) is 2.62. The van der Waals surface area contributed by atoms with Crippen molar-refractivity contribution in [3.63, 3.8) is 0 Å². The molecule has 0 fully saturated rings. The number of nitrogens with two attached hydrogens (primary N) is 2. The van der Waals surface area contributed by atoms with Gasteiger partial charge < -0.3 is 32.3 Å². The minimum atomic E-state index is -1.44. The molecule has 0 saturated heterocycles. The van der Waals surface area contributed by atoms with E-state index < -0.39 is 54.3 Å². The maximum absolute atomic E-state index is 11.9. The molecule has 0 aliphatic heterocycles. The summed E-state index contributed by atoms with van der Waals surface area (Å²) in [5.41, 5.74) is 10.3. The monoisotopic (exact) mass is 336 g/mol. The summed E-state index contributed by atoms with van der Waals surface area (Å²) in [7, 11) is 0. The third kappa shape index (κ3) is 6.74. The van der Waals surface area contributed by atoms with E-state index in [1.165, 1.54) is 6.92 Å². The summed E-state index contributed by atoms with van der Waals surface area (Å²) < 4.78 is 0. The number of carboxylic acid groups (broad SMARTS) is 1. The van der Waals surface area contributed by atoms with Crippen molar-refractivity contribution in [3.05, 3.63) is 0 Å². The Hall–Kier alpha value is -1.85. The standard InChI is InChI=1S/C11H20N4O6S/c1-4(16)8(10(19)14-6(3-22)11(20)21)15-9(18)5(12)2-7(13)17/h4-6,8,16,22H,2-3,12H2,1H3,(H2,13,17)(H,14,19)(H,15,18)(H,20,21)/t4-,5+,6+,8+/m1/s1. The van der Waals surface area contributed by atoms with Gasteiger partial charge in [-0.1, -0.05) is 0 Å². The predicted octanol–water partition coefficient (Wildman–Crippen LogP) is -3.45. The van der Waals surface area contributed by atoms with E-state index >= 15 is 0 Å². The van der Waals surface area contributed by atoms with Gasteiger partial charge in [0.15, 0.2) is 0 Å². The van der Waals surface area contributed by atoms with Crippen LogP contribution < -0.4 is 22.1 Å². The van der Waals surface area contributed by atoms with Gasteiger partial charge in [0.1, 0.15) is 12.1 Å². The Balaban J connectivity index is 4.85. The molecule has 126 valence electrons. The van der Waals surface area contributed by atoms with Crippen LogP contribution in [0, 0.1) is 0 Å². The average Bonchev–Trinajstić information content (AvgIpc) is 2.39. The highest BCUT2D eigenvalue weighted by Crippen LogP contribution is 1.98. The second kappa shape index (κ2) is 9.23. The molecular weight excluding hydrogens is 316 g/mol. The van der Waals surface area contributed by atoms with Crippen LogP contribution in [0.2, 0.25) is 0 Å². The first kappa shape index (κ1) is 20.1. The molecular formula is C11H20N4O6S. The maximum atomic E-state index is 11.9. The van der Waals surface area contributed by atoms with E-state index in [2.05, 4.69) is 23.3 Å². The van der Waals surface area contributed by atoms with Crippen LogP contribution in [0.25, 0.3) is 0 Å². The van der Waals surface area contributed by atoms with E-state index in [-0.39, 0.29) is 5.75 Å². The number of thiol groups is 1. The van der Waals surface area contributed by atoms with Crippen molar-refractivity contribution in [2.24, 2.45) is 11.5 Å². The second-order valence-electron chi connectivity index (χ2n) is 4.59. The van der Waals surface area contributed by atoms with Gasteiger partial charge in [0.05, 0.1) is 18.6 Å². The number of carbonyl (C=O) groups excluding carboxylic acids is 3. The van der Waals surface area contributed by atoms with Crippen molar-refractivity contribution < 1.29 is 29.4 Å². The van der Waals surface area contributed by atoms with Gasteiger partial charge in [0.25, 0.3) is 0 Å². The van der Waals surface area contributed by atoms with Crippen molar-refractivity contribution in [1.82, 2.24) is 10.6 Å². The zero-order valence-corrected chi connectivity index (χ0v) is 12.7. The lowest BCUT2D eigenvalue weighted by Crippen LogP contribution is -2.58. The second-order valence-corrected chi connectivity index (χ2v) is 4.95. The number of aliphatic hydroxyl groups excluding tert-OH is 1. The Morgan fingerprint density at radius 2 is 1.73 bits per heavy atom. The number of carboxylic acids is 1. The number of rotatable bonds is 9. The van der Waals surface area contributed by atoms with Crippen LogP contribution in [0.5, 0.6) is 0 Å². The average molecular weight is 336 g/mol. The van der Waals surface area contributed by atoms with Gasteiger partial charge in [-0.3, -0.25) is 14.4 Å². The summed E-state index contributed by atoms with van der Waals surface area (Å²) in [6.45, 7) is 1.22. The molecule has 4 atom stereocenters.